The van der Waals surface area contributed by atoms with Gasteiger partial charge in [-0.2, -0.15) is 0 Å². The van der Waals surface area contributed by atoms with Gasteiger partial charge in [-0.05, 0) is 40.0 Å². The first-order valence-electron chi connectivity index (χ1n) is 7.35. The summed E-state index contributed by atoms with van der Waals surface area (Å²) in [5.74, 6) is 0.323. The Balaban J connectivity index is 0.00000180. The molecule has 2 saturated heterocycles. The molecule has 5 heteroatoms. The van der Waals surface area contributed by atoms with Crippen LogP contribution in [0.2, 0.25) is 0 Å². The number of piperazine rings is 1. The Morgan fingerprint density at radius 1 is 1.21 bits per heavy atom. The van der Waals surface area contributed by atoms with E-state index in [0.29, 0.717) is 30.6 Å². The third-order valence-corrected chi connectivity index (χ3v) is 4.29. The van der Waals surface area contributed by atoms with E-state index in [0.717, 1.165) is 32.5 Å². The molecule has 0 aromatic rings. The number of piperidine rings is 1. The van der Waals surface area contributed by atoms with E-state index in [1.165, 1.54) is 6.42 Å². The molecule has 1 N–H and O–H groups in total. The van der Waals surface area contributed by atoms with Crippen LogP contribution in [-0.2, 0) is 4.79 Å². The Hall–Kier alpha value is -0.320. The number of hydrogen-bond acceptors (Lipinski definition) is 3. The zero-order valence-corrected chi connectivity index (χ0v) is 13.2. The first-order valence-corrected chi connectivity index (χ1v) is 7.35. The molecule has 1 amide bonds. The molecular weight excluding hydrogens is 262 g/mol. The minimum absolute atomic E-state index is 0. The van der Waals surface area contributed by atoms with Gasteiger partial charge in [-0.3, -0.25) is 9.69 Å². The Morgan fingerprint density at radius 2 is 1.84 bits per heavy atom. The van der Waals surface area contributed by atoms with Crippen LogP contribution < -0.4 is 5.32 Å². The molecule has 19 heavy (non-hydrogen) atoms. The summed E-state index contributed by atoms with van der Waals surface area (Å²) >= 11 is 0. The minimum Gasteiger partial charge on any atom is -0.336 e. The van der Waals surface area contributed by atoms with Gasteiger partial charge in [0.15, 0.2) is 0 Å². The van der Waals surface area contributed by atoms with Crippen molar-refractivity contribution in [1.82, 2.24) is 15.1 Å². The largest absolute Gasteiger partial charge is 0.336 e. The number of nitrogens with zero attached hydrogens (tertiary/aromatic N) is 2. The second kappa shape index (κ2) is 7.46. The molecule has 112 valence electrons. The fourth-order valence-electron chi connectivity index (χ4n) is 3.34. The first-order chi connectivity index (χ1) is 8.58. The lowest BCUT2D eigenvalue weighted by Gasteiger charge is -2.41. The van der Waals surface area contributed by atoms with Crippen LogP contribution in [-0.4, -0.2) is 60.0 Å². The summed E-state index contributed by atoms with van der Waals surface area (Å²) in [4.78, 5) is 16.9. The number of halogens is 1. The number of likely N-dealkylation sites (tertiary alicyclic amines) is 1. The van der Waals surface area contributed by atoms with Gasteiger partial charge in [0, 0.05) is 37.8 Å². The SMILES string of the molecule is CC1CN(CC(=O)N2C(C)CCCC2C)CCN1.Cl. The van der Waals surface area contributed by atoms with Crippen molar-refractivity contribution >= 4 is 18.3 Å². The summed E-state index contributed by atoms with van der Waals surface area (Å²) in [5, 5.41) is 3.42. The number of carbonyl (C=O) groups excluding carboxylic acids is 1. The van der Waals surface area contributed by atoms with Crippen molar-refractivity contribution in [2.24, 2.45) is 0 Å². The van der Waals surface area contributed by atoms with Crippen molar-refractivity contribution in [3.05, 3.63) is 0 Å². The number of carbonyl (C=O) groups is 1. The van der Waals surface area contributed by atoms with Crippen LogP contribution in [0.25, 0.3) is 0 Å². The normalized spacial score (nSPS) is 32.8. The van der Waals surface area contributed by atoms with Gasteiger partial charge in [0.05, 0.1) is 6.54 Å². The van der Waals surface area contributed by atoms with E-state index in [4.69, 9.17) is 0 Å². The number of amides is 1. The van der Waals surface area contributed by atoms with Gasteiger partial charge >= 0.3 is 0 Å². The zero-order chi connectivity index (χ0) is 13.1. The van der Waals surface area contributed by atoms with Crippen LogP contribution >= 0.6 is 12.4 Å². The van der Waals surface area contributed by atoms with Crippen LogP contribution in [0, 0.1) is 0 Å². The molecule has 0 spiro atoms. The molecule has 0 saturated carbocycles. The molecule has 0 bridgehead atoms. The molecule has 0 radical (unpaired) electrons. The van der Waals surface area contributed by atoms with Crippen LogP contribution in [0.4, 0.5) is 0 Å². The number of rotatable bonds is 2. The first kappa shape index (κ1) is 16.7. The average Bonchev–Trinajstić information content (AvgIpc) is 2.28. The molecule has 2 aliphatic heterocycles. The third kappa shape index (κ3) is 4.33. The lowest BCUT2D eigenvalue weighted by Crippen LogP contribution is -2.55. The smallest absolute Gasteiger partial charge is 0.237 e. The highest BCUT2D eigenvalue weighted by Gasteiger charge is 2.30. The van der Waals surface area contributed by atoms with Gasteiger partial charge in [0.25, 0.3) is 0 Å². The highest BCUT2D eigenvalue weighted by atomic mass is 35.5. The van der Waals surface area contributed by atoms with Crippen molar-refractivity contribution in [1.29, 1.82) is 0 Å². The fraction of sp³-hybridized carbons (Fsp3) is 0.929. The van der Waals surface area contributed by atoms with E-state index in [9.17, 15) is 4.79 Å². The summed E-state index contributed by atoms with van der Waals surface area (Å²) in [6.45, 7) is 10.1. The molecular formula is C14H28ClN3O. The van der Waals surface area contributed by atoms with Crippen molar-refractivity contribution in [3.63, 3.8) is 0 Å². The highest BCUT2D eigenvalue weighted by Crippen LogP contribution is 2.22. The van der Waals surface area contributed by atoms with Crippen molar-refractivity contribution < 1.29 is 4.79 Å². The summed E-state index contributed by atoms with van der Waals surface area (Å²) in [6.07, 6.45) is 3.58. The molecule has 0 aromatic heterocycles. The molecule has 2 fully saturated rings. The lowest BCUT2D eigenvalue weighted by molar-refractivity contribution is -0.138. The number of nitrogens with one attached hydrogen (secondary N) is 1. The van der Waals surface area contributed by atoms with Crippen LogP contribution in [0.15, 0.2) is 0 Å². The van der Waals surface area contributed by atoms with E-state index >= 15 is 0 Å². The van der Waals surface area contributed by atoms with Crippen LogP contribution in [0.3, 0.4) is 0 Å². The predicted octanol–water partition coefficient (Wildman–Crippen LogP) is 1.49. The van der Waals surface area contributed by atoms with Gasteiger partial charge in [-0.15, -0.1) is 12.4 Å². The molecule has 0 aliphatic carbocycles. The van der Waals surface area contributed by atoms with Crippen LogP contribution in [0.5, 0.6) is 0 Å². The second-order valence-electron chi connectivity index (χ2n) is 6.02. The Labute approximate surface area is 123 Å². The molecule has 3 atom stereocenters. The maximum absolute atomic E-state index is 12.5. The van der Waals surface area contributed by atoms with E-state index < -0.39 is 0 Å². The van der Waals surface area contributed by atoms with E-state index in [-0.39, 0.29) is 12.4 Å². The van der Waals surface area contributed by atoms with Crippen molar-refractivity contribution in [3.8, 4) is 0 Å². The maximum Gasteiger partial charge on any atom is 0.237 e. The van der Waals surface area contributed by atoms with E-state index in [2.05, 4.69) is 35.9 Å². The molecule has 4 nitrogen and oxygen atoms in total. The van der Waals surface area contributed by atoms with E-state index in [1.54, 1.807) is 0 Å². The molecule has 0 aromatic carbocycles. The molecule has 2 aliphatic rings. The highest BCUT2D eigenvalue weighted by molar-refractivity contribution is 5.85. The topological polar surface area (TPSA) is 35.6 Å². The van der Waals surface area contributed by atoms with Crippen molar-refractivity contribution in [2.75, 3.05) is 26.2 Å². The fourth-order valence-corrected chi connectivity index (χ4v) is 3.34. The Kier molecular flexibility index (Phi) is 6.57. The number of hydrogen-bond donors (Lipinski definition) is 1. The van der Waals surface area contributed by atoms with Gasteiger partial charge in [0.2, 0.25) is 5.91 Å². The predicted molar refractivity (Wildman–Crippen MR) is 80.8 cm³/mol. The van der Waals surface area contributed by atoms with Gasteiger partial charge < -0.3 is 10.2 Å². The quantitative estimate of drug-likeness (QED) is 0.837. The second-order valence-corrected chi connectivity index (χ2v) is 6.02. The minimum atomic E-state index is 0. The molecule has 3 unspecified atom stereocenters. The standard InChI is InChI=1S/C14H27N3O.ClH/c1-11-9-16(8-7-15-11)10-14(18)17-12(2)5-4-6-13(17)3;/h11-13,15H,4-10H2,1-3H3;1H. The lowest BCUT2D eigenvalue weighted by atomic mass is 9.97. The summed E-state index contributed by atoms with van der Waals surface area (Å²) in [6, 6.07) is 1.34. The maximum atomic E-state index is 12.5. The van der Waals surface area contributed by atoms with Crippen LogP contribution in [0.1, 0.15) is 40.0 Å². The Morgan fingerprint density at radius 3 is 2.42 bits per heavy atom. The Bertz CT molecular complexity index is 290. The van der Waals surface area contributed by atoms with Crippen molar-refractivity contribution in [2.45, 2.75) is 58.2 Å². The summed E-state index contributed by atoms with van der Waals surface area (Å²) in [7, 11) is 0. The monoisotopic (exact) mass is 289 g/mol. The van der Waals surface area contributed by atoms with Gasteiger partial charge in [-0.1, -0.05) is 0 Å². The van der Waals surface area contributed by atoms with E-state index in [1.807, 2.05) is 0 Å². The molecule has 2 heterocycles. The average molecular weight is 290 g/mol. The molecule has 2 rings (SSSR count). The summed E-state index contributed by atoms with van der Waals surface area (Å²) in [5.41, 5.74) is 0. The summed E-state index contributed by atoms with van der Waals surface area (Å²) < 4.78 is 0. The van der Waals surface area contributed by atoms with Gasteiger partial charge in [-0.25, -0.2) is 0 Å². The van der Waals surface area contributed by atoms with Gasteiger partial charge in [0.1, 0.15) is 0 Å². The zero-order valence-electron chi connectivity index (χ0n) is 12.4. The third-order valence-electron chi connectivity index (χ3n) is 4.29.